The van der Waals surface area contributed by atoms with Crippen LogP contribution in [0, 0.1) is 18.3 Å². The summed E-state index contributed by atoms with van der Waals surface area (Å²) >= 11 is 0. The van der Waals surface area contributed by atoms with Gasteiger partial charge in [-0.15, -0.1) is 0 Å². The number of furan rings is 1. The predicted molar refractivity (Wildman–Crippen MR) is 130 cm³/mol. The van der Waals surface area contributed by atoms with Gasteiger partial charge in [0.15, 0.2) is 11.8 Å². The van der Waals surface area contributed by atoms with Crippen LogP contribution < -0.4 is 4.57 Å². The van der Waals surface area contributed by atoms with Crippen LogP contribution >= 0.6 is 0 Å². The van der Waals surface area contributed by atoms with Gasteiger partial charge in [0.1, 0.15) is 18.7 Å². The second-order valence-corrected chi connectivity index (χ2v) is 9.67. The fourth-order valence-electron chi connectivity index (χ4n) is 5.57. The molecule has 3 nitrogen and oxygen atoms in total. The first kappa shape index (κ1) is 20.8. The molecule has 2 aromatic heterocycles. The minimum absolute atomic E-state index is 0.353. The van der Waals surface area contributed by atoms with Gasteiger partial charge in [-0.25, -0.2) is 4.57 Å². The first-order valence-corrected chi connectivity index (χ1v) is 11.9. The van der Waals surface area contributed by atoms with Gasteiger partial charge in [-0.3, -0.25) is 0 Å². The van der Waals surface area contributed by atoms with Gasteiger partial charge in [-0.05, 0) is 54.4 Å². The third-order valence-corrected chi connectivity index (χ3v) is 7.27. The fourth-order valence-corrected chi connectivity index (χ4v) is 5.57. The number of aryl methyl sites for hydroxylation is 2. The molecule has 0 radical (unpaired) electrons. The van der Waals surface area contributed by atoms with E-state index in [1.54, 1.807) is 0 Å². The van der Waals surface area contributed by atoms with Crippen molar-refractivity contribution in [1.82, 2.24) is 0 Å². The number of rotatable bonds is 3. The van der Waals surface area contributed by atoms with E-state index in [0.29, 0.717) is 11.8 Å². The van der Waals surface area contributed by atoms with Gasteiger partial charge in [0.25, 0.3) is 0 Å². The summed E-state index contributed by atoms with van der Waals surface area (Å²) < 4.78 is 8.82. The second kappa shape index (κ2) is 8.10. The highest BCUT2D eigenvalue weighted by Gasteiger charge is 2.27. The van der Waals surface area contributed by atoms with E-state index in [-0.39, 0.29) is 0 Å². The molecule has 1 fully saturated rings. The lowest BCUT2D eigenvalue weighted by Crippen LogP contribution is -2.30. The maximum Gasteiger partial charge on any atom is 0.216 e. The van der Waals surface area contributed by atoms with Crippen molar-refractivity contribution in [2.75, 3.05) is 0 Å². The van der Waals surface area contributed by atoms with Gasteiger partial charge in [0, 0.05) is 22.9 Å². The molecule has 4 aromatic rings. The van der Waals surface area contributed by atoms with Gasteiger partial charge >= 0.3 is 0 Å². The molecule has 162 valence electrons. The molecule has 0 spiro atoms. The number of nitrogens with zero attached hydrogens (tertiary/aromatic N) is 2. The van der Waals surface area contributed by atoms with Crippen molar-refractivity contribution >= 4 is 21.9 Å². The number of nitriles is 1. The van der Waals surface area contributed by atoms with Crippen molar-refractivity contribution in [2.45, 2.75) is 64.7 Å². The Labute approximate surface area is 190 Å². The van der Waals surface area contributed by atoms with Crippen LogP contribution in [0.3, 0.4) is 0 Å². The fraction of sp³-hybridized carbons (Fsp3) is 0.379. The molecule has 1 aliphatic carbocycles. The van der Waals surface area contributed by atoms with Crippen molar-refractivity contribution in [3.8, 4) is 17.3 Å². The Balaban J connectivity index is 1.90. The Morgan fingerprint density at radius 1 is 1.06 bits per heavy atom. The maximum atomic E-state index is 10.3. The van der Waals surface area contributed by atoms with E-state index in [1.807, 2.05) is 6.07 Å². The van der Waals surface area contributed by atoms with Gasteiger partial charge in [0.05, 0.1) is 11.1 Å². The zero-order valence-electron chi connectivity index (χ0n) is 19.5. The van der Waals surface area contributed by atoms with Gasteiger partial charge in [-0.2, -0.15) is 5.26 Å². The van der Waals surface area contributed by atoms with Crippen LogP contribution in [0.4, 0.5) is 0 Å². The zero-order chi connectivity index (χ0) is 22.4. The summed E-state index contributed by atoms with van der Waals surface area (Å²) in [5.74, 6) is 0.813. The van der Waals surface area contributed by atoms with Crippen molar-refractivity contribution in [3.63, 3.8) is 0 Å². The van der Waals surface area contributed by atoms with Crippen LogP contribution in [0.1, 0.15) is 80.0 Å². The average Bonchev–Trinajstić information content (AvgIpc) is 3.18. The minimum Gasteiger partial charge on any atom is -0.454 e. The Bertz CT molecular complexity index is 1360. The molecule has 1 saturated carbocycles. The highest BCUT2D eigenvalue weighted by atomic mass is 16.3. The van der Waals surface area contributed by atoms with Crippen LogP contribution in [0.5, 0.6) is 0 Å². The van der Waals surface area contributed by atoms with Gasteiger partial charge in [-0.1, -0.05) is 51.3 Å². The molecule has 0 bridgehead atoms. The monoisotopic (exact) mass is 423 g/mol. The molecule has 3 heteroatoms. The molecule has 0 aliphatic heterocycles. The zero-order valence-corrected chi connectivity index (χ0v) is 19.5. The van der Waals surface area contributed by atoms with Crippen LogP contribution in [0.25, 0.3) is 33.2 Å². The molecular formula is C29H31N2O+. The Morgan fingerprint density at radius 3 is 2.53 bits per heavy atom. The van der Waals surface area contributed by atoms with Crippen LogP contribution in [-0.2, 0) is 7.05 Å². The van der Waals surface area contributed by atoms with Gasteiger partial charge < -0.3 is 4.42 Å². The van der Waals surface area contributed by atoms with Crippen LogP contribution in [0.15, 0.2) is 47.0 Å². The number of hydrogen-bond donors (Lipinski definition) is 0. The van der Waals surface area contributed by atoms with E-state index in [1.165, 1.54) is 48.8 Å². The maximum absolute atomic E-state index is 10.3. The predicted octanol–water partition coefficient (Wildman–Crippen LogP) is 7.43. The Kier molecular flexibility index (Phi) is 5.25. The highest BCUT2D eigenvalue weighted by molar-refractivity contribution is 6.12. The first-order valence-electron chi connectivity index (χ1n) is 11.9. The highest BCUT2D eigenvalue weighted by Crippen LogP contribution is 2.45. The first-order chi connectivity index (χ1) is 15.5. The number of aromatic nitrogens is 1. The van der Waals surface area contributed by atoms with Crippen molar-refractivity contribution in [2.24, 2.45) is 7.05 Å². The molecule has 0 saturated heterocycles. The van der Waals surface area contributed by atoms with Crippen molar-refractivity contribution in [3.05, 3.63) is 64.8 Å². The smallest absolute Gasteiger partial charge is 0.216 e. The van der Waals surface area contributed by atoms with Crippen molar-refractivity contribution < 1.29 is 8.98 Å². The van der Waals surface area contributed by atoms with E-state index in [4.69, 9.17) is 4.42 Å². The second-order valence-electron chi connectivity index (χ2n) is 9.67. The van der Waals surface area contributed by atoms with E-state index in [0.717, 1.165) is 38.8 Å². The standard InChI is InChI=1S/C29H31N2O/c1-18(2)22-16-23(20-10-6-5-7-11-20)24(17-30)29-27(22)21-14-13-19(3)26(28(21)32-29)25-12-8-9-15-31(25)4/h8-9,12-16,18,20H,5-7,10-11H2,1-4H3/q+1. The number of benzene rings is 2. The third kappa shape index (κ3) is 3.21. The van der Waals surface area contributed by atoms with E-state index in [2.05, 4.69) is 75.0 Å². The summed E-state index contributed by atoms with van der Waals surface area (Å²) in [5, 5.41) is 12.5. The number of pyridine rings is 1. The normalized spacial score (nSPS) is 15.0. The largest absolute Gasteiger partial charge is 0.454 e. The molecule has 1 aliphatic rings. The summed E-state index contributed by atoms with van der Waals surface area (Å²) in [6.07, 6.45) is 8.21. The number of hydrogen-bond acceptors (Lipinski definition) is 2. The van der Waals surface area contributed by atoms with E-state index < -0.39 is 0 Å². The van der Waals surface area contributed by atoms with Crippen LogP contribution in [0.2, 0.25) is 0 Å². The van der Waals surface area contributed by atoms with E-state index in [9.17, 15) is 5.26 Å². The molecule has 0 amide bonds. The topological polar surface area (TPSA) is 40.8 Å². The molecule has 5 rings (SSSR count). The molecule has 0 unspecified atom stereocenters. The third-order valence-electron chi connectivity index (χ3n) is 7.27. The Hall–Kier alpha value is -3.12. The summed E-state index contributed by atoms with van der Waals surface area (Å²) in [6.45, 7) is 6.63. The lowest BCUT2D eigenvalue weighted by Gasteiger charge is -2.24. The SMILES string of the molecule is Cc1ccc2c(oc3c(C#N)c(C4CCCCC4)cc(C(C)C)c32)c1-c1cccc[n+]1C. The van der Waals surface area contributed by atoms with Crippen LogP contribution in [-0.4, -0.2) is 0 Å². The summed E-state index contributed by atoms with van der Waals surface area (Å²) in [7, 11) is 2.07. The van der Waals surface area contributed by atoms with E-state index >= 15 is 0 Å². The molecule has 2 aromatic carbocycles. The molecule has 32 heavy (non-hydrogen) atoms. The summed E-state index contributed by atoms with van der Waals surface area (Å²) in [5.41, 5.74) is 8.31. The molecular weight excluding hydrogens is 392 g/mol. The molecule has 0 atom stereocenters. The van der Waals surface area contributed by atoms with Gasteiger partial charge in [0.2, 0.25) is 5.69 Å². The minimum atomic E-state index is 0.353. The molecule has 0 N–H and O–H groups in total. The lowest BCUT2D eigenvalue weighted by molar-refractivity contribution is -0.660. The quantitative estimate of drug-likeness (QED) is 0.321. The summed E-state index contributed by atoms with van der Waals surface area (Å²) in [4.78, 5) is 0. The Morgan fingerprint density at radius 2 is 1.84 bits per heavy atom. The average molecular weight is 424 g/mol. The molecule has 2 heterocycles. The van der Waals surface area contributed by atoms with Crippen molar-refractivity contribution in [1.29, 1.82) is 5.26 Å². The number of fused-ring (bicyclic) bond motifs is 3. The summed E-state index contributed by atoms with van der Waals surface area (Å²) in [6, 6.07) is 15.5. The lowest BCUT2D eigenvalue weighted by atomic mass is 9.80.